The first-order valence-electron chi connectivity index (χ1n) is 11.2. The highest BCUT2D eigenvalue weighted by atomic mass is 32.2. The van der Waals surface area contributed by atoms with Crippen molar-refractivity contribution < 1.29 is 13.0 Å². The van der Waals surface area contributed by atoms with Crippen LogP contribution in [-0.4, -0.2) is 13.0 Å². The maximum absolute atomic E-state index is 10.3. The van der Waals surface area contributed by atoms with Gasteiger partial charge in [-0.15, -0.1) is 0 Å². The first-order chi connectivity index (χ1) is 17.0. The molecule has 0 radical (unpaired) electrons. The number of hydrogen-bond donors (Lipinski definition) is 0. The van der Waals surface area contributed by atoms with E-state index >= 15 is 0 Å². The minimum Gasteiger partial charge on any atom is -0.744 e. The molecule has 5 rings (SSSR count). The summed E-state index contributed by atoms with van der Waals surface area (Å²) in [6, 6.07) is 49.9. The van der Waals surface area contributed by atoms with Crippen LogP contribution in [0.5, 0.6) is 0 Å². The van der Waals surface area contributed by atoms with Crippen molar-refractivity contribution in [2.45, 2.75) is 4.90 Å². The molecule has 4 nitrogen and oxygen atoms in total. The average molecular weight is 480 g/mol. The standard InChI is InChI=1S/C24H20N.C6H6O3S/c1-5-13-21(14-6-1)25(22-15-7-2-8-16-22,23-17-9-3-10-18-23)24-19-11-4-12-20-24;7-10(8,9)6-4-2-1-3-5-6/h1-20H;1-5H,(H,7,8,9)/q+1;/p-1. The van der Waals surface area contributed by atoms with Crippen molar-refractivity contribution in [3.8, 4) is 0 Å². The second kappa shape index (κ2) is 10.9. The van der Waals surface area contributed by atoms with E-state index in [4.69, 9.17) is 0 Å². The molecule has 0 fully saturated rings. The largest absolute Gasteiger partial charge is 0.744 e. The Labute approximate surface area is 206 Å². The third kappa shape index (κ3) is 5.39. The lowest BCUT2D eigenvalue weighted by atomic mass is 10.1. The topological polar surface area (TPSA) is 57.2 Å². The van der Waals surface area contributed by atoms with Crippen molar-refractivity contribution in [3.63, 3.8) is 0 Å². The van der Waals surface area contributed by atoms with Gasteiger partial charge in [0.2, 0.25) is 0 Å². The fourth-order valence-corrected chi connectivity index (χ4v) is 4.58. The molecule has 5 aromatic rings. The van der Waals surface area contributed by atoms with E-state index in [0.29, 0.717) is 4.48 Å². The first-order valence-corrected chi connectivity index (χ1v) is 12.6. The maximum Gasteiger partial charge on any atom is 0.148 e. The lowest BCUT2D eigenvalue weighted by Gasteiger charge is -2.37. The molecule has 35 heavy (non-hydrogen) atoms. The van der Waals surface area contributed by atoms with Crippen LogP contribution in [0.4, 0.5) is 22.7 Å². The molecule has 0 aliphatic rings. The molecule has 0 atom stereocenters. The fraction of sp³-hybridized carbons (Fsp3) is 0. The smallest absolute Gasteiger partial charge is 0.148 e. The molecular formula is C30H25NO3S. The predicted molar refractivity (Wildman–Crippen MR) is 141 cm³/mol. The van der Waals surface area contributed by atoms with Crippen LogP contribution < -0.4 is 4.48 Å². The van der Waals surface area contributed by atoms with E-state index in [0.717, 1.165) is 0 Å². The number of rotatable bonds is 5. The van der Waals surface area contributed by atoms with E-state index in [9.17, 15) is 13.0 Å². The Bertz CT molecular complexity index is 1260. The number of hydrogen-bond acceptors (Lipinski definition) is 3. The fourth-order valence-electron chi connectivity index (χ4n) is 4.09. The second-order valence-corrected chi connectivity index (χ2v) is 9.16. The molecule has 0 saturated carbocycles. The Morgan fingerprint density at radius 1 is 0.400 bits per heavy atom. The Morgan fingerprint density at radius 3 is 0.829 bits per heavy atom. The molecule has 0 aromatic heterocycles. The molecule has 174 valence electrons. The summed E-state index contributed by atoms with van der Waals surface area (Å²) in [7, 11) is -4.25. The molecule has 0 saturated heterocycles. The third-order valence-corrected chi connectivity index (χ3v) is 6.46. The number of nitrogens with zero attached hydrogens (tertiary/aromatic N) is 1. The quantitative estimate of drug-likeness (QED) is 0.193. The summed E-state index contributed by atoms with van der Waals surface area (Å²) in [6.07, 6.45) is 0. The lowest BCUT2D eigenvalue weighted by Crippen LogP contribution is -2.33. The SMILES string of the molecule is O=S(=O)([O-])c1ccccc1.c1ccc([N+](c2ccccc2)(c2ccccc2)c2ccccc2)cc1. The second-order valence-electron chi connectivity index (χ2n) is 7.78. The van der Waals surface area contributed by atoms with Crippen LogP contribution in [0.3, 0.4) is 0 Å². The Balaban J connectivity index is 0.000000243. The molecule has 0 N–H and O–H groups in total. The van der Waals surface area contributed by atoms with Crippen molar-refractivity contribution in [1.82, 2.24) is 4.48 Å². The molecule has 0 bridgehead atoms. The summed E-state index contributed by atoms with van der Waals surface area (Å²) in [4.78, 5) is -0.185. The van der Waals surface area contributed by atoms with E-state index in [1.807, 2.05) is 0 Å². The average Bonchev–Trinajstić information content (AvgIpc) is 2.92. The zero-order valence-electron chi connectivity index (χ0n) is 19.0. The van der Waals surface area contributed by atoms with Crippen LogP contribution in [0.15, 0.2) is 157 Å². The highest BCUT2D eigenvalue weighted by Gasteiger charge is 2.38. The van der Waals surface area contributed by atoms with E-state index < -0.39 is 10.1 Å². The lowest BCUT2D eigenvalue weighted by molar-refractivity contribution is 0.463. The van der Waals surface area contributed by atoms with Gasteiger partial charge in [-0.2, -0.15) is 4.48 Å². The molecule has 0 heterocycles. The van der Waals surface area contributed by atoms with Crippen LogP contribution in [0, 0.1) is 0 Å². The highest BCUT2D eigenvalue weighted by molar-refractivity contribution is 7.85. The third-order valence-electron chi connectivity index (χ3n) is 5.61. The minimum atomic E-state index is -4.25. The van der Waals surface area contributed by atoms with Gasteiger partial charge in [0, 0.05) is 48.5 Å². The molecule has 0 spiro atoms. The van der Waals surface area contributed by atoms with Gasteiger partial charge in [-0.05, 0) is 12.1 Å². The van der Waals surface area contributed by atoms with Gasteiger partial charge in [-0.1, -0.05) is 91.0 Å². The van der Waals surface area contributed by atoms with Gasteiger partial charge in [0.15, 0.2) is 0 Å². The number of benzene rings is 5. The summed E-state index contributed by atoms with van der Waals surface area (Å²) >= 11 is 0. The molecule has 0 amide bonds. The molecule has 5 heteroatoms. The summed E-state index contributed by atoms with van der Waals surface area (Å²) in [5.41, 5.74) is 4.86. The van der Waals surface area contributed by atoms with Gasteiger partial charge in [-0.25, -0.2) is 8.42 Å². The van der Waals surface area contributed by atoms with Crippen molar-refractivity contribution in [3.05, 3.63) is 152 Å². The van der Waals surface area contributed by atoms with Crippen molar-refractivity contribution in [2.75, 3.05) is 0 Å². The van der Waals surface area contributed by atoms with Gasteiger partial charge >= 0.3 is 0 Å². The maximum atomic E-state index is 10.3. The predicted octanol–water partition coefficient (Wildman–Crippen LogP) is 7.58. The van der Waals surface area contributed by atoms with Crippen LogP contribution in [0.2, 0.25) is 0 Å². The molecule has 0 aliphatic heterocycles. The summed E-state index contributed by atoms with van der Waals surface area (Å²) < 4.78 is 31.4. The van der Waals surface area contributed by atoms with E-state index in [1.54, 1.807) is 6.07 Å². The van der Waals surface area contributed by atoms with Gasteiger partial charge in [0.1, 0.15) is 32.9 Å². The molecule has 5 aromatic carbocycles. The Kier molecular flexibility index (Phi) is 7.53. The molecule has 0 unspecified atom stereocenters. The van der Waals surface area contributed by atoms with Crippen molar-refractivity contribution in [1.29, 1.82) is 0 Å². The van der Waals surface area contributed by atoms with Gasteiger partial charge in [-0.3, -0.25) is 0 Å². The van der Waals surface area contributed by atoms with Gasteiger partial charge in [0.05, 0.1) is 4.90 Å². The van der Waals surface area contributed by atoms with Crippen molar-refractivity contribution >= 4 is 32.9 Å². The summed E-state index contributed by atoms with van der Waals surface area (Å²) in [6.45, 7) is 0. The number of quaternary nitrogens is 1. The van der Waals surface area contributed by atoms with Gasteiger partial charge < -0.3 is 4.55 Å². The van der Waals surface area contributed by atoms with Crippen LogP contribution in [0.1, 0.15) is 0 Å². The minimum absolute atomic E-state index is 0.185. The van der Waals surface area contributed by atoms with Crippen LogP contribution in [-0.2, 0) is 10.1 Å². The van der Waals surface area contributed by atoms with Gasteiger partial charge in [0.25, 0.3) is 0 Å². The van der Waals surface area contributed by atoms with E-state index in [1.165, 1.54) is 47.0 Å². The van der Waals surface area contributed by atoms with Crippen LogP contribution >= 0.6 is 0 Å². The molecular weight excluding hydrogens is 454 g/mol. The van der Waals surface area contributed by atoms with E-state index in [2.05, 4.69) is 121 Å². The molecule has 0 aliphatic carbocycles. The normalized spacial score (nSPS) is 11.2. The van der Waals surface area contributed by atoms with Crippen LogP contribution in [0.25, 0.3) is 0 Å². The highest BCUT2D eigenvalue weighted by Crippen LogP contribution is 2.50. The zero-order chi connectivity index (χ0) is 24.6. The summed E-state index contributed by atoms with van der Waals surface area (Å²) in [5.74, 6) is 0. The van der Waals surface area contributed by atoms with E-state index in [-0.39, 0.29) is 4.90 Å². The monoisotopic (exact) mass is 479 g/mol. The Hall–Kier alpha value is -4.03. The zero-order valence-corrected chi connectivity index (χ0v) is 19.8. The first kappa shape index (κ1) is 24.1. The number of para-hydroxylation sites is 4. The van der Waals surface area contributed by atoms with Crippen molar-refractivity contribution in [2.24, 2.45) is 0 Å². The Morgan fingerprint density at radius 2 is 0.629 bits per heavy atom. The summed E-state index contributed by atoms with van der Waals surface area (Å²) in [5, 5.41) is 0.